The minimum absolute atomic E-state index is 0.0520. The quantitative estimate of drug-likeness (QED) is 0.862. The average Bonchev–Trinajstić information content (AvgIpc) is 2.42. The molecule has 0 spiro atoms. The van der Waals surface area contributed by atoms with Crippen LogP contribution in [0.2, 0.25) is 0 Å². The second kappa shape index (κ2) is 5.59. The number of benzene rings is 1. The van der Waals surface area contributed by atoms with Gasteiger partial charge in [0.05, 0.1) is 12.1 Å². The lowest BCUT2D eigenvalue weighted by Crippen LogP contribution is -2.63. The van der Waals surface area contributed by atoms with Crippen molar-refractivity contribution in [2.24, 2.45) is 0 Å². The molecular weight excluding hydrogens is 244 g/mol. The van der Waals surface area contributed by atoms with E-state index in [0.717, 1.165) is 6.54 Å². The van der Waals surface area contributed by atoms with Gasteiger partial charge in [-0.05, 0) is 12.5 Å². The Hall–Kier alpha value is -1.59. The Morgan fingerprint density at radius 3 is 2.58 bits per heavy atom. The summed E-state index contributed by atoms with van der Waals surface area (Å²) < 4.78 is 0. The fourth-order valence-corrected chi connectivity index (χ4v) is 2.49. The summed E-state index contributed by atoms with van der Waals surface area (Å²) in [5.41, 5.74) is 0.651. The second-order valence-corrected chi connectivity index (χ2v) is 5.27. The van der Waals surface area contributed by atoms with Gasteiger partial charge >= 0.3 is 6.09 Å². The predicted octanol–water partition coefficient (Wildman–Crippen LogP) is 1.23. The summed E-state index contributed by atoms with van der Waals surface area (Å²) in [6.07, 6.45) is -0.918. The SMILES string of the molecule is CC1(CO)CN(C(=O)O)CCN1Cc1ccccc1. The van der Waals surface area contributed by atoms with Crippen molar-refractivity contribution < 1.29 is 15.0 Å². The fraction of sp³-hybridized carbons (Fsp3) is 0.500. The lowest BCUT2D eigenvalue weighted by molar-refractivity contribution is -0.0250. The minimum atomic E-state index is -0.918. The highest BCUT2D eigenvalue weighted by Gasteiger charge is 2.38. The van der Waals surface area contributed by atoms with Crippen molar-refractivity contribution in [1.29, 1.82) is 0 Å². The second-order valence-electron chi connectivity index (χ2n) is 5.27. The Kier molecular flexibility index (Phi) is 4.07. The molecule has 1 aliphatic heterocycles. The zero-order valence-electron chi connectivity index (χ0n) is 11.1. The predicted molar refractivity (Wildman–Crippen MR) is 71.9 cm³/mol. The first-order valence-corrected chi connectivity index (χ1v) is 6.43. The number of aliphatic hydroxyl groups excluding tert-OH is 1. The molecule has 1 atom stereocenters. The van der Waals surface area contributed by atoms with Gasteiger partial charge < -0.3 is 15.1 Å². The van der Waals surface area contributed by atoms with Crippen LogP contribution < -0.4 is 0 Å². The molecule has 5 heteroatoms. The molecule has 0 aromatic heterocycles. The molecule has 5 nitrogen and oxygen atoms in total. The number of rotatable bonds is 3. The van der Waals surface area contributed by atoms with Crippen molar-refractivity contribution in [3.05, 3.63) is 35.9 Å². The van der Waals surface area contributed by atoms with Crippen LogP contribution >= 0.6 is 0 Å². The third kappa shape index (κ3) is 3.05. The number of aliphatic hydroxyl groups is 1. The van der Waals surface area contributed by atoms with E-state index in [0.29, 0.717) is 19.6 Å². The molecule has 2 N–H and O–H groups in total. The summed E-state index contributed by atoms with van der Waals surface area (Å²) in [4.78, 5) is 14.6. The van der Waals surface area contributed by atoms with Gasteiger partial charge in [-0.25, -0.2) is 4.79 Å². The van der Waals surface area contributed by atoms with Crippen LogP contribution in [0.4, 0.5) is 4.79 Å². The lowest BCUT2D eigenvalue weighted by atomic mass is 9.96. The van der Waals surface area contributed by atoms with Crippen LogP contribution in [0.3, 0.4) is 0 Å². The average molecular weight is 264 g/mol. The number of hydrogen-bond donors (Lipinski definition) is 2. The molecule has 1 fully saturated rings. The van der Waals surface area contributed by atoms with E-state index in [-0.39, 0.29) is 6.61 Å². The third-order valence-electron chi connectivity index (χ3n) is 3.76. The summed E-state index contributed by atoms with van der Waals surface area (Å²) >= 11 is 0. The van der Waals surface area contributed by atoms with Gasteiger partial charge in [-0.1, -0.05) is 30.3 Å². The van der Waals surface area contributed by atoms with Crippen LogP contribution in [0, 0.1) is 0 Å². The van der Waals surface area contributed by atoms with E-state index in [2.05, 4.69) is 4.90 Å². The van der Waals surface area contributed by atoms with Gasteiger partial charge in [-0.3, -0.25) is 4.90 Å². The lowest BCUT2D eigenvalue weighted by Gasteiger charge is -2.47. The molecule has 2 rings (SSSR count). The van der Waals surface area contributed by atoms with Crippen molar-refractivity contribution in [1.82, 2.24) is 9.80 Å². The summed E-state index contributed by atoms with van der Waals surface area (Å²) in [6, 6.07) is 10.0. The number of carboxylic acid groups (broad SMARTS) is 1. The fourth-order valence-electron chi connectivity index (χ4n) is 2.49. The molecule has 1 saturated heterocycles. The highest BCUT2D eigenvalue weighted by molar-refractivity contribution is 5.65. The number of nitrogens with zero attached hydrogens (tertiary/aromatic N) is 2. The van der Waals surface area contributed by atoms with Crippen molar-refractivity contribution >= 4 is 6.09 Å². The van der Waals surface area contributed by atoms with Crippen LogP contribution in [0.25, 0.3) is 0 Å². The Balaban J connectivity index is 2.10. The molecule has 19 heavy (non-hydrogen) atoms. The first-order chi connectivity index (χ1) is 9.05. The number of amides is 1. The summed E-state index contributed by atoms with van der Waals surface area (Å²) in [5, 5.41) is 18.7. The smallest absolute Gasteiger partial charge is 0.407 e. The first-order valence-electron chi connectivity index (χ1n) is 6.43. The van der Waals surface area contributed by atoms with E-state index >= 15 is 0 Å². The largest absolute Gasteiger partial charge is 0.465 e. The van der Waals surface area contributed by atoms with Gasteiger partial charge in [-0.15, -0.1) is 0 Å². The van der Waals surface area contributed by atoms with Crippen molar-refractivity contribution in [2.45, 2.75) is 19.0 Å². The number of hydrogen-bond acceptors (Lipinski definition) is 3. The van der Waals surface area contributed by atoms with Crippen molar-refractivity contribution in [3.63, 3.8) is 0 Å². The zero-order valence-corrected chi connectivity index (χ0v) is 11.1. The van der Waals surface area contributed by atoms with Gasteiger partial charge in [0.1, 0.15) is 0 Å². The Morgan fingerprint density at radius 1 is 1.32 bits per heavy atom. The standard InChI is InChI=1S/C14H20N2O3/c1-14(11-17)10-15(13(18)19)7-8-16(14)9-12-5-3-2-4-6-12/h2-6,17H,7-11H2,1H3,(H,18,19). The maximum absolute atomic E-state index is 11.0. The van der Waals surface area contributed by atoms with Crippen LogP contribution in [0.15, 0.2) is 30.3 Å². The maximum atomic E-state index is 11.0. The molecule has 1 amide bonds. The summed E-state index contributed by atoms with van der Waals surface area (Å²) in [5.74, 6) is 0. The summed E-state index contributed by atoms with van der Waals surface area (Å²) in [7, 11) is 0. The highest BCUT2D eigenvalue weighted by Crippen LogP contribution is 2.23. The highest BCUT2D eigenvalue weighted by atomic mass is 16.4. The van der Waals surface area contributed by atoms with Crippen molar-refractivity contribution in [2.75, 3.05) is 26.2 Å². The van der Waals surface area contributed by atoms with Gasteiger partial charge in [0.15, 0.2) is 0 Å². The van der Waals surface area contributed by atoms with E-state index < -0.39 is 11.6 Å². The maximum Gasteiger partial charge on any atom is 0.407 e. The Morgan fingerprint density at radius 2 is 2.00 bits per heavy atom. The monoisotopic (exact) mass is 264 g/mol. The van der Waals surface area contributed by atoms with Gasteiger partial charge in [0, 0.05) is 26.2 Å². The van der Waals surface area contributed by atoms with Gasteiger partial charge in [-0.2, -0.15) is 0 Å². The molecule has 1 aromatic rings. The van der Waals surface area contributed by atoms with E-state index in [4.69, 9.17) is 5.11 Å². The minimum Gasteiger partial charge on any atom is -0.465 e. The molecule has 104 valence electrons. The molecule has 0 saturated carbocycles. The zero-order chi connectivity index (χ0) is 13.9. The molecule has 1 unspecified atom stereocenters. The third-order valence-corrected chi connectivity index (χ3v) is 3.76. The van der Waals surface area contributed by atoms with Crippen LogP contribution in [0.5, 0.6) is 0 Å². The molecule has 1 heterocycles. The van der Waals surface area contributed by atoms with Crippen LogP contribution in [0.1, 0.15) is 12.5 Å². The molecule has 0 bridgehead atoms. The van der Waals surface area contributed by atoms with Crippen LogP contribution in [-0.2, 0) is 6.54 Å². The summed E-state index contributed by atoms with van der Waals surface area (Å²) in [6.45, 7) is 4.04. The molecule has 1 aliphatic rings. The van der Waals surface area contributed by atoms with E-state index in [1.165, 1.54) is 10.5 Å². The van der Waals surface area contributed by atoms with E-state index in [9.17, 15) is 9.90 Å². The van der Waals surface area contributed by atoms with E-state index in [1.807, 2.05) is 37.3 Å². The van der Waals surface area contributed by atoms with Gasteiger partial charge in [0.25, 0.3) is 0 Å². The first kappa shape index (κ1) is 13.8. The van der Waals surface area contributed by atoms with Crippen LogP contribution in [-0.4, -0.2) is 57.9 Å². The van der Waals surface area contributed by atoms with E-state index in [1.54, 1.807) is 0 Å². The number of carbonyl (C=O) groups is 1. The molecular formula is C14H20N2O3. The Bertz CT molecular complexity index is 438. The topological polar surface area (TPSA) is 64.0 Å². The molecule has 0 radical (unpaired) electrons. The van der Waals surface area contributed by atoms with Crippen molar-refractivity contribution in [3.8, 4) is 0 Å². The molecule has 1 aromatic carbocycles. The van der Waals surface area contributed by atoms with Gasteiger partial charge in [0.2, 0.25) is 0 Å². The Labute approximate surface area is 113 Å². The molecule has 0 aliphatic carbocycles. The number of piperazine rings is 1. The normalized spacial score (nSPS) is 24.4.